The molecule has 0 radical (unpaired) electrons. The Hall–Kier alpha value is -4.90. The van der Waals surface area contributed by atoms with Crippen LogP contribution in [0.3, 0.4) is 0 Å². The number of methoxy groups -OCH3 is 3. The average Bonchev–Trinajstić information content (AvgIpc) is 3.48. The van der Waals surface area contributed by atoms with Crippen LogP contribution >= 0.6 is 0 Å². The summed E-state index contributed by atoms with van der Waals surface area (Å²) in [7, 11) is 4.83. The first-order valence-electron chi connectivity index (χ1n) is 14.1. The zero-order chi connectivity index (χ0) is 30.2. The summed E-state index contributed by atoms with van der Waals surface area (Å²) in [6.45, 7) is 3.58. The number of unbranched alkanes of at least 4 members (excludes halogenated alkanes) is 1. The minimum absolute atomic E-state index is 0.190. The lowest BCUT2D eigenvalue weighted by atomic mass is 10.1. The minimum atomic E-state index is -1.12. The van der Waals surface area contributed by atoms with E-state index in [0.717, 1.165) is 35.5 Å². The Bertz CT molecular complexity index is 1570. The second kappa shape index (κ2) is 13.8. The van der Waals surface area contributed by atoms with Gasteiger partial charge in [-0.25, -0.2) is 14.5 Å². The predicted molar refractivity (Wildman–Crippen MR) is 162 cm³/mol. The predicted octanol–water partition coefficient (Wildman–Crippen LogP) is 5.01. The quantitative estimate of drug-likeness (QED) is 0.179. The van der Waals surface area contributed by atoms with E-state index >= 15 is 0 Å². The van der Waals surface area contributed by atoms with E-state index in [9.17, 15) is 5.11 Å². The second-order valence-electron chi connectivity index (χ2n) is 9.90. The van der Waals surface area contributed by atoms with Crippen LogP contribution in [0.15, 0.2) is 72.9 Å². The third kappa shape index (κ3) is 6.95. The molecule has 3 heterocycles. The van der Waals surface area contributed by atoms with Crippen LogP contribution in [0.1, 0.15) is 48.4 Å². The monoisotopic (exact) mass is 584 g/mol. The van der Waals surface area contributed by atoms with Gasteiger partial charge in [0.15, 0.2) is 11.5 Å². The topological polar surface area (TPSA) is 116 Å². The number of rotatable bonds is 14. The van der Waals surface area contributed by atoms with Gasteiger partial charge in [0.2, 0.25) is 5.88 Å². The zero-order valence-corrected chi connectivity index (χ0v) is 24.8. The van der Waals surface area contributed by atoms with E-state index in [1.54, 1.807) is 43.1 Å². The maximum Gasteiger partial charge on any atom is 0.336 e. The lowest BCUT2D eigenvalue weighted by Crippen LogP contribution is -2.25. The molecule has 11 heteroatoms. The number of aliphatic hydroxyl groups is 1. The summed E-state index contributed by atoms with van der Waals surface area (Å²) in [6.07, 6.45) is 2.29. The molecule has 0 fully saturated rings. The first-order chi connectivity index (χ1) is 21.0. The SMILES string of the molecule is CCCCOc1nc(N(Cc2ccc(OC)cc2)Cc2ccc(OC)cc2)c2ncc(C(O)c3cccc(OC)n3)n2n1. The summed E-state index contributed by atoms with van der Waals surface area (Å²) in [5.41, 5.74) is 3.40. The highest BCUT2D eigenvalue weighted by Gasteiger charge is 2.24. The summed E-state index contributed by atoms with van der Waals surface area (Å²) >= 11 is 0. The van der Waals surface area contributed by atoms with Crippen LogP contribution in [0.4, 0.5) is 5.82 Å². The van der Waals surface area contributed by atoms with Crippen molar-refractivity contribution in [3.63, 3.8) is 0 Å². The van der Waals surface area contributed by atoms with Crippen molar-refractivity contribution >= 4 is 11.5 Å². The first kappa shape index (κ1) is 29.6. The zero-order valence-electron chi connectivity index (χ0n) is 24.8. The molecule has 43 heavy (non-hydrogen) atoms. The van der Waals surface area contributed by atoms with E-state index in [1.165, 1.54) is 7.11 Å². The molecule has 0 aliphatic rings. The molecule has 11 nitrogen and oxygen atoms in total. The van der Waals surface area contributed by atoms with E-state index in [1.807, 2.05) is 48.5 Å². The van der Waals surface area contributed by atoms with Crippen LogP contribution in [0.2, 0.25) is 0 Å². The van der Waals surface area contributed by atoms with Gasteiger partial charge >= 0.3 is 6.01 Å². The molecule has 1 N–H and O–H groups in total. The Morgan fingerprint density at radius 2 is 1.49 bits per heavy atom. The lowest BCUT2D eigenvalue weighted by molar-refractivity contribution is 0.205. The number of aliphatic hydroxyl groups excluding tert-OH is 1. The number of anilines is 1. The van der Waals surface area contributed by atoms with Crippen molar-refractivity contribution in [1.82, 2.24) is 24.6 Å². The van der Waals surface area contributed by atoms with Gasteiger partial charge in [0, 0.05) is 19.2 Å². The number of ether oxygens (including phenoxy) is 4. The molecule has 224 valence electrons. The van der Waals surface area contributed by atoms with Gasteiger partial charge in [0.1, 0.15) is 17.6 Å². The van der Waals surface area contributed by atoms with Gasteiger partial charge in [-0.15, -0.1) is 5.10 Å². The van der Waals surface area contributed by atoms with Crippen molar-refractivity contribution in [2.75, 3.05) is 32.8 Å². The smallest absolute Gasteiger partial charge is 0.336 e. The minimum Gasteiger partial charge on any atom is -0.497 e. The molecule has 5 aromatic rings. The maximum absolute atomic E-state index is 11.4. The third-order valence-electron chi connectivity index (χ3n) is 6.96. The molecular formula is C32H36N6O5. The van der Waals surface area contributed by atoms with Gasteiger partial charge in [-0.2, -0.15) is 4.98 Å². The molecule has 0 aliphatic heterocycles. The van der Waals surface area contributed by atoms with Gasteiger partial charge in [-0.3, -0.25) is 0 Å². The number of aromatic nitrogens is 5. The fraction of sp³-hybridized carbons (Fsp3) is 0.312. The summed E-state index contributed by atoms with van der Waals surface area (Å²) in [6, 6.07) is 21.2. The third-order valence-corrected chi connectivity index (χ3v) is 6.96. The molecule has 0 saturated heterocycles. The summed E-state index contributed by atoms with van der Waals surface area (Å²) < 4.78 is 23.6. The molecule has 1 atom stereocenters. The Labute approximate surface area is 250 Å². The van der Waals surface area contributed by atoms with E-state index in [-0.39, 0.29) is 6.01 Å². The number of benzene rings is 2. The van der Waals surface area contributed by atoms with Crippen LogP contribution in [-0.2, 0) is 13.1 Å². The van der Waals surface area contributed by atoms with Crippen molar-refractivity contribution in [3.05, 3.63) is 95.4 Å². The van der Waals surface area contributed by atoms with E-state index in [2.05, 4.69) is 26.9 Å². The van der Waals surface area contributed by atoms with Gasteiger partial charge in [-0.05, 0) is 47.9 Å². The number of pyridine rings is 1. The normalized spacial score (nSPS) is 11.7. The number of imidazole rings is 1. The van der Waals surface area contributed by atoms with Crippen LogP contribution in [0.5, 0.6) is 23.4 Å². The molecule has 2 aromatic carbocycles. The lowest BCUT2D eigenvalue weighted by Gasteiger charge is -2.25. The van der Waals surface area contributed by atoms with E-state index in [4.69, 9.17) is 23.9 Å². The van der Waals surface area contributed by atoms with Crippen LogP contribution in [0, 0.1) is 0 Å². The standard InChI is InChI=1S/C32H36N6O5/c1-5-6-18-43-32-35-31(30-33-19-27(38(30)36-32)29(39)26-8-7-9-28(34-26)42-4)37(20-22-10-14-24(40-2)15-11-22)21-23-12-16-25(41-3)17-13-23/h7-17,19,29,39H,5-6,18,20-21H2,1-4H3. The van der Waals surface area contributed by atoms with Crippen molar-refractivity contribution in [2.45, 2.75) is 39.0 Å². The van der Waals surface area contributed by atoms with Crippen molar-refractivity contribution in [2.24, 2.45) is 0 Å². The molecule has 0 spiro atoms. The highest BCUT2D eigenvalue weighted by Crippen LogP contribution is 2.29. The average molecular weight is 585 g/mol. The highest BCUT2D eigenvalue weighted by atomic mass is 16.5. The molecule has 3 aromatic heterocycles. The van der Waals surface area contributed by atoms with Crippen LogP contribution in [-0.4, -0.2) is 57.6 Å². The van der Waals surface area contributed by atoms with Crippen molar-refractivity contribution in [3.8, 4) is 23.4 Å². The number of nitrogens with zero attached hydrogens (tertiary/aromatic N) is 6. The summed E-state index contributed by atoms with van der Waals surface area (Å²) in [4.78, 5) is 16.1. The molecule has 1 unspecified atom stereocenters. The molecule has 0 bridgehead atoms. The molecule has 0 aliphatic carbocycles. The van der Waals surface area contributed by atoms with Gasteiger partial charge in [0.25, 0.3) is 0 Å². The van der Waals surface area contributed by atoms with Gasteiger partial charge in [-0.1, -0.05) is 43.7 Å². The van der Waals surface area contributed by atoms with Crippen molar-refractivity contribution < 1.29 is 24.1 Å². The Balaban J connectivity index is 1.60. The van der Waals surface area contributed by atoms with Crippen LogP contribution in [0.25, 0.3) is 5.65 Å². The molecular weight excluding hydrogens is 548 g/mol. The molecule has 5 rings (SSSR count). The highest BCUT2D eigenvalue weighted by molar-refractivity contribution is 5.65. The van der Waals surface area contributed by atoms with Crippen molar-refractivity contribution in [1.29, 1.82) is 0 Å². The largest absolute Gasteiger partial charge is 0.497 e. The Morgan fingerprint density at radius 3 is 2.07 bits per heavy atom. The van der Waals surface area contributed by atoms with Gasteiger partial charge < -0.3 is 29.0 Å². The fourth-order valence-electron chi connectivity index (χ4n) is 4.59. The van der Waals surface area contributed by atoms with E-state index < -0.39 is 6.10 Å². The number of fused-ring (bicyclic) bond motifs is 1. The van der Waals surface area contributed by atoms with E-state index in [0.29, 0.717) is 48.4 Å². The number of hydrogen-bond donors (Lipinski definition) is 1. The maximum atomic E-state index is 11.4. The number of hydrogen-bond acceptors (Lipinski definition) is 10. The summed E-state index contributed by atoms with van der Waals surface area (Å²) in [5.74, 6) is 2.51. The Kier molecular flexibility index (Phi) is 9.52. The summed E-state index contributed by atoms with van der Waals surface area (Å²) in [5, 5.41) is 16.0. The van der Waals surface area contributed by atoms with Crippen LogP contribution < -0.4 is 23.8 Å². The first-order valence-corrected chi connectivity index (χ1v) is 14.1. The Morgan fingerprint density at radius 1 is 0.837 bits per heavy atom. The molecule has 0 saturated carbocycles. The van der Waals surface area contributed by atoms with Gasteiger partial charge in [0.05, 0.1) is 45.5 Å². The fourth-order valence-corrected chi connectivity index (χ4v) is 4.59. The molecule has 0 amide bonds. The second-order valence-corrected chi connectivity index (χ2v) is 9.90.